The van der Waals surface area contributed by atoms with Gasteiger partial charge in [0.05, 0.1) is 0 Å². The molecule has 0 aromatic carbocycles. The normalized spacial score (nSPS) is 8.80. The van der Waals surface area contributed by atoms with Crippen LogP contribution >= 0.6 is 0 Å². The van der Waals surface area contributed by atoms with Crippen LogP contribution in [0.5, 0.6) is 0 Å². The van der Waals surface area contributed by atoms with Crippen molar-refractivity contribution in [1.82, 2.24) is 0 Å². The van der Waals surface area contributed by atoms with E-state index in [0.717, 1.165) is 13.1 Å². The zero-order valence-electron chi connectivity index (χ0n) is 12.9. The summed E-state index contributed by atoms with van der Waals surface area (Å²) in [4.78, 5) is 19.8. The van der Waals surface area contributed by atoms with Crippen molar-refractivity contribution in [3.05, 3.63) is 0 Å². The fraction of sp³-hybridized carbons (Fsp3) is 0.857. The SMILES string of the molecule is CCCCN.CCCCN.O=C(O)CCCCC(=O)O. The summed E-state index contributed by atoms with van der Waals surface area (Å²) in [5, 5.41) is 16.3. The predicted octanol–water partition coefficient (Wildman–Crippen LogP) is 2.21. The maximum Gasteiger partial charge on any atom is 0.303 e. The van der Waals surface area contributed by atoms with Gasteiger partial charge in [-0.1, -0.05) is 26.7 Å². The maximum absolute atomic E-state index is 9.90. The first-order valence-corrected chi connectivity index (χ1v) is 7.29. The smallest absolute Gasteiger partial charge is 0.303 e. The third-order valence-corrected chi connectivity index (χ3v) is 2.15. The van der Waals surface area contributed by atoms with Gasteiger partial charge in [-0.2, -0.15) is 0 Å². The van der Waals surface area contributed by atoms with Crippen molar-refractivity contribution in [2.45, 2.75) is 65.2 Å². The van der Waals surface area contributed by atoms with Crippen LogP contribution in [0.4, 0.5) is 0 Å². The van der Waals surface area contributed by atoms with E-state index in [1.807, 2.05) is 0 Å². The van der Waals surface area contributed by atoms with Crippen LogP contribution in [0.3, 0.4) is 0 Å². The van der Waals surface area contributed by atoms with E-state index in [4.69, 9.17) is 21.7 Å². The number of aliphatic carboxylic acids is 2. The third-order valence-electron chi connectivity index (χ3n) is 2.15. The van der Waals surface area contributed by atoms with Gasteiger partial charge >= 0.3 is 11.9 Å². The Morgan fingerprint density at radius 1 is 0.750 bits per heavy atom. The van der Waals surface area contributed by atoms with E-state index in [1.165, 1.54) is 25.7 Å². The van der Waals surface area contributed by atoms with E-state index < -0.39 is 11.9 Å². The molecule has 0 spiro atoms. The van der Waals surface area contributed by atoms with Crippen molar-refractivity contribution < 1.29 is 19.8 Å². The highest BCUT2D eigenvalue weighted by Crippen LogP contribution is 1.98. The van der Waals surface area contributed by atoms with Crippen molar-refractivity contribution in [3.63, 3.8) is 0 Å². The van der Waals surface area contributed by atoms with E-state index in [2.05, 4.69) is 13.8 Å². The first-order chi connectivity index (χ1) is 9.45. The van der Waals surface area contributed by atoms with Crippen LogP contribution in [0, 0.1) is 0 Å². The van der Waals surface area contributed by atoms with Gasteiger partial charge in [-0.3, -0.25) is 9.59 Å². The second kappa shape index (κ2) is 23.0. The second-order valence-corrected chi connectivity index (χ2v) is 4.28. The van der Waals surface area contributed by atoms with E-state index in [-0.39, 0.29) is 12.8 Å². The molecule has 0 fully saturated rings. The van der Waals surface area contributed by atoms with Crippen molar-refractivity contribution >= 4 is 11.9 Å². The van der Waals surface area contributed by atoms with E-state index in [1.54, 1.807) is 0 Å². The summed E-state index contributed by atoms with van der Waals surface area (Å²) in [6.45, 7) is 5.95. The zero-order chi connectivity index (χ0) is 16.2. The number of hydrogen-bond acceptors (Lipinski definition) is 4. The minimum Gasteiger partial charge on any atom is -0.481 e. The molecule has 20 heavy (non-hydrogen) atoms. The molecule has 0 bridgehead atoms. The molecule has 0 heterocycles. The van der Waals surface area contributed by atoms with Gasteiger partial charge in [0.2, 0.25) is 0 Å². The molecule has 0 aliphatic rings. The molecule has 0 saturated carbocycles. The minimum absolute atomic E-state index is 0.0628. The lowest BCUT2D eigenvalue weighted by atomic mass is 10.2. The molecule has 0 aliphatic heterocycles. The predicted molar refractivity (Wildman–Crippen MR) is 81.7 cm³/mol. The molecule has 0 radical (unpaired) electrons. The average molecular weight is 292 g/mol. The van der Waals surface area contributed by atoms with Crippen molar-refractivity contribution in [2.24, 2.45) is 11.5 Å². The van der Waals surface area contributed by atoms with E-state index in [0.29, 0.717) is 12.8 Å². The van der Waals surface area contributed by atoms with Crippen molar-refractivity contribution in [1.29, 1.82) is 0 Å². The molecule has 0 atom stereocenters. The first-order valence-electron chi connectivity index (χ1n) is 7.29. The van der Waals surface area contributed by atoms with E-state index >= 15 is 0 Å². The Bertz CT molecular complexity index is 185. The lowest BCUT2D eigenvalue weighted by Crippen LogP contribution is -1.97. The summed E-state index contributed by atoms with van der Waals surface area (Å²) in [7, 11) is 0. The number of carbonyl (C=O) groups is 2. The van der Waals surface area contributed by atoms with Crippen LogP contribution in [0.15, 0.2) is 0 Å². The van der Waals surface area contributed by atoms with Crippen LogP contribution in [-0.4, -0.2) is 35.2 Å². The number of carboxylic acid groups (broad SMARTS) is 2. The fourth-order valence-corrected chi connectivity index (χ4v) is 0.961. The molecular formula is C14H32N2O4. The molecule has 6 heteroatoms. The highest BCUT2D eigenvalue weighted by atomic mass is 16.4. The molecule has 0 aromatic heterocycles. The number of carboxylic acids is 2. The first kappa shape index (κ1) is 23.9. The molecule has 122 valence electrons. The summed E-state index contributed by atoms with van der Waals surface area (Å²) in [6, 6.07) is 0. The summed E-state index contributed by atoms with van der Waals surface area (Å²) in [6.07, 6.45) is 5.79. The van der Waals surface area contributed by atoms with Crippen molar-refractivity contribution in [3.8, 4) is 0 Å². The Kier molecular flexibility index (Phi) is 27.5. The summed E-state index contributed by atoms with van der Waals surface area (Å²) < 4.78 is 0. The van der Waals surface area contributed by atoms with Crippen LogP contribution in [0.1, 0.15) is 65.2 Å². The number of hydrogen-bond donors (Lipinski definition) is 4. The Labute approximate surface area is 122 Å². The highest BCUT2D eigenvalue weighted by molar-refractivity contribution is 5.67. The average Bonchev–Trinajstić information content (AvgIpc) is 2.38. The molecule has 0 aliphatic carbocycles. The standard InChI is InChI=1S/C6H10O4.2C4H11N/c7-5(8)3-1-2-4-6(9)10;2*1-2-3-4-5/h1-4H2,(H,7,8)(H,9,10);2*2-5H2,1H3. The number of rotatable bonds is 9. The molecular weight excluding hydrogens is 260 g/mol. The Morgan fingerprint density at radius 2 is 1.05 bits per heavy atom. The lowest BCUT2D eigenvalue weighted by molar-refractivity contribution is -0.139. The van der Waals surface area contributed by atoms with Gasteiger partial charge in [-0.25, -0.2) is 0 Å². The van der Waals surface area contributed by atoms with E-state index in [9.17, 15) is 9.59 Å². The van der Waals surface area contributed by atoms with Gasteiger partial charge in [-0.05, 0) is 38.8 Å². The second-order valence-electron chi connectivity index (χ2n) is 4.28. The Balaban J connectivity index is -0.000000244. The molecule has 0 unspecified atom stereocenters. The highest BCUT2D eigenvalue weighted by Gasteiger charge is 1.99. The number of nitrogens with two attached hydrogens (primary N) is 2. The Hall–Kier alpha value is -1.14. The molecule has 6 nitrogen and oxygen atoms in total. The van der Waals surface area contributed by atoms with Crippen LogP contribution < -0.4 is 11.5 Å². The van der Waals surface area contributed by atoms with Crippen LogP contribution in [0.25, 0.3) is 0 Å². The molecule has 0 aromatic rings. The lowest BCUT2D eigenvalue weighted by Gasteiger charge is -1.92. The van der Waals surface area contributed by atoms with Crippen molar-refractivity contribution in [2.75, 3.05) is 13.1 Å². The molecule has 0 saturated heterocycles. The minimum atomic E-state index is -0.870. The van der Waals surface area contributed by atoms with Gasteiger partial charge in [0, 0.05) is 12.8 Å². The third kappa shape index (κ3) is 43.6. The summed E-state index contributed by atoms with van der Waals surface area (Å²) >= 11 is 0. The van der Waals surface area contributed by atoms with Crippen LogP contribution in [-0.2, 0) is 9.59 Å². The van der Waals surface area contributed by atoms with Gasteiger partial charge in [-0.15, -0.1) is 0 Å². The largest absolute Gasteiger partial charge is 0.481 e. The van der Waals surface area contributed by atoms with Gasteiger partial charge in [0.1, 0.15) is 0 Å². The van der Waals surface area contributed by atoms with Gasteiger partial charge < -0.3 is 21.7 Å². The topological polar surface area (TPSA) is 127 Å². The summed E-state index contributed by atoms with van der Waals surface area (Å²) in [5.41, 5.74) is 10.3. The zero-order valence-corrected chi connectivity index (χ0v) is 12.9. The van der Waals surface area contributed by atoms with Gasteiger partial charge in [0.25, 0.3) is 0 Å². The Morgan fingerprint density at radius 3 is 1.15 bits per heavy atom. The molecule has 6 N–H and O–H groups in total. The fourth-order valence-electron chi connectivity index (χ4n) is 0.961. The quantitative estimate of drug-likeness (QED) is 0.482. The number of unbranched alkanes of at least 4 members (excludes halogenated alkanes) is 3. The van der Waals surface area contributed by atoms with Crippen LogP contribution in [0.2, 0.25) is 0 Å². The molecule has 0 amide bonds. The maximum atomic E-state index is 9.90. The van der Waals surface area contributed by atoms with Gasteiger partial charge in [0.15, 0.2) is 0 Å². The summed E-state index contributed by atoms with van der Waals surface area (Å²) in [5.74, 6) is -1.74. The molecule has 0 rings (SSSR count). The monoisotopic (exact) mass is 292 g/mol.